The predicted octanol–water partition coefficient (Wildman–Crippen LogP) is 2.52. The molecule has 4 heteroatoms. The van der Waals surface area contributed by atoms with E-state index in [0.29, 0.717) is 5.92 Å². The first-order chi connectivity index (χ1) is 9.65. The molecule has 1 rings (SSSR count). The smallest absolute Gasteiger partial charge is 0.238 e. The molecule has 0 heterocycles. The first-order valence-electron chi connectivity index (χ1n) is 8.44. The molecule has 0 aromatic heterocycles. The number of nitrogens with two attached hydrogens (primary N) is 1. The van der Waals surface area contributed by atoms with Crippen molar-refractivity contribution in [1.29, 1.82) is 0 Å². The molecular weight excluding hydrogens is 262 g/mol. The lowest BCUT2D eigenvalue weighted by molar-refractivity contribution is -0.126. The average Bonchev–Trinajstić information content (AvgIpc) is 2.79. The van der Waals surface area contributed by atoms with Crippen molar-refractivity contribution in [3.63, 3.8) is 0 Å². The lowest BCUT2D eigenvalue weighted by atomic mass is 9.82. The maximum atomic E-state index is 12.1. The Labute approximate surface area is 130 Å². The maximum absolute atomic E-state index is 12.1. The molecule has 124 valence electrons. The van der Waals surface area contributed by atoms with Gasteiger partial charge in [0.1, 0.15) is 5.54 Å². The highest BCUT2D eigenvalue weighted by Crippen LogP contribution is 2.38. The van der Waals surface area contributed by atoms with E-state index in [-0.39, 0.29) is 17.5 Å². The summed E-state index contributed by atoms with van der Waals surface area (Å²) in [5, 5.41) is 3.49. The van der Waals surface area contributed by atoms with Gasteiger partial charge in [0, 0.05) is 11.6 Å². The number of hydrogen-bond donors (Lipinski definition) is 2. The molecule has 0 bridgehead atoms. The van der Waals surface area contributed by atoms with E-state index in [4.69, 9.17) is 5.73 Å². The van der Waals surface area contributed by atoms with Crippen LogP contribution in [0.25, 0.3) is 0 Å². The van der Waals surface area contributed by atoms with Crippen LogP contribution in [0.3, 0.4) is 0 Å². The summed E-state index contributed by atoms with van der Waals surface area (Å²) < 4.78 is 0. The molecule has 2 atom stereocenters. The lowest BCUT2D eigenvalue weighted by Crippen LogP contribution is -2.60. The van der Waals surface area contributed by atoms with Crippen molar-refractivity contribution in [1.82, 2.24) is 10.2 Å². The SMILES string of the molecule is CCC(C)(C)N(C)CCC1CCCC1(NC(C)C)C(N)=O. The molecule has 4 nitrogen and oxygen atoms in total. The molecule has 1 amide bonds. The minimum Gasteiger partial charge on any atom is -0.368 e. The van der Waals surface area contributed by atoms with Crippen LogP contribution in [0.1, 0.15) is 66.7 Å². The summed E-state index contributed by atoms with van der Waals surface area (Å²) in [7, 11) is 2.18. The number of primary amides is 1. The highest BCUT2D eigenvalue weighted by atomic mass is 16.1. The Morgan fingerprint density at radius 1 is 1.48 bits per heavy atom. The molecule has 1 aliphatic rings. The Kier molecular flexibility index (Phi) is 6.23. The highest BCUT2D eigenvalue weighted by molar-refractivity contribution is 5.85. The summed E-state index contributed by atoms with van der Waals surface area (Å²) in [5.74, 6) is 0.184. The second-order valence-electron chi connectivity index (χ2n) is 7.60. The Hall–Kier alpha value is -0.610. The van der Waals surface area contributed by atoms with Gasteiger partial charge >= 0.3 is 0 Å². The standard InChI is InChI=1S/C17H35N3O/c1-7-16(4,5)20(6)12-10-14-9-8-11-17(14,15(18)21)19-13(2)3/h13-14,19H,7-12H2,1-6H3,(H2,18,21). The topological polar surface area (TPSA) is 58.4 Å². The number of hydrogen-bond acceptors (Lipinski definition) is 3. The molecular formula is C17H35N3O. The third kappa shape index (κ3) is 4.19. The second kappa shape index (κ2) is 7.10. The van der Waals surface area contributed by atoms with Gasteiger partial charge < -0.3 is 16.0 Å². The van der Waals surface area contributed by atoms with Crippen LogP contribution < -0.4 is 11.1 Å². The highest BCUT2D eigenvalue weighted by Gasteiger charge is 2.47. The average molecular weight is 297 g/mol. The van der Waals surface area contributed by atoms with Crippen molar-refractivity contribution < 1.29 is 4.79 Å². The summed E-state index contributed by atoms with van der Waals surface area (Å²) >= 11 is 0. The van der Waals surface area contributed by atoms with E-state index in [1.54, 1.807) is 0 Å². The third-order valence-corrected chi connectivity index (χ3v) is 5.52. The number of carbonyl (C=O) groups excluding carboxylic acids is 1. The largest absolute Gasteiger partial charge is 0.368 e. The monoisotopic (exact) mass is 297 g/mol. The molecule has 21 heavy (non-hydrogen) atoms. The molecule has 0 radical (unpaired) electrons. The fourth-order valence-corrected chi connectivity index (χ4v) is 3.49. The van der Waals surface area contributed by atoms with Gasteiger partial charge in [0.15, 0.2) is 0 Å². The van der Waals surface area contributed by atoms with E-state index >= 15 is 0 Å². The van der Waals surface area contributed by atoms with Gasteiger partial charge in [-0.2, -0.15) is 0 Å². The van der Waals surface area contributed by atoms with Gasteiger partial charge in [-0.25, -0.2) is 0 Å². The van der Waals surface area contributed by atoms with E-state index in [2.05, 4.69) is 51.9 Å². The van der Waals surface area contributed by atoms with Crippen LogP contribution in [-0.2, 0) is 4.79 Å². The molecule has 0 aliphatic heterocycles. The number of nitrogens with zero attached hydrogens (tertiary/aromatic N) is 1. The molecule has 0 spiro atoms. The third-order valence-electron chi connectivity index (χ3n) is 5.52. The molecule has 1 saturated carbocycles. The van der Waals surface area contributed by atoms with Gasteiger partial charge in [0.2, 0.25) is 5.91 Å². The molecule has 0 saturated heterocycles. The zero-order valence-electron chi connectivity index (χ0n) is 14.8. The van der Waals surface area contributed by atoms with E-state index in [9.17, 15) is 4.79 Å². The van der Waals surface area contributed by atoms with Crippen LogP contribution in [0, 0.1) is 5.92 Å². The van der Waals surface area contributed by atoms with Crippen LogP contribution in [-0.4, -0.2) is 41.5 Å². The lowest BCUT2D eigenvalue weighted by Gasteiger charge is -2.39. The number of nitrogens with one attached hydrogen (secondary N) is 1. The zero-order chi connectivity index (χ0) is 16.3. The van der Waals surface area contributed by atoms with Gasteiger partial charge in [-0.1, -0.05) is 13.3 Å². The van der Waals surface area contributed by atoms with Crippen molar-refractivity contribution in [2.75, 3.05) is 13.6 Å². The van der Waals surface area contributed by atoms with E-state index in [1.165, 1.54) is 0 Å². The number of amides is 1. The van der Waals surface area contributed by atoms with Crippen molar-refractivity contribution in [2.45, 2.75) is 83.8 Å². The number of carbonyl (C=O) groups is 1. The first kappa shape index (κ1) is 18.4. The fourth-order valence-electron chi connectivity index (χ4n) is 3.49. The zero-order valence-corrected chi connectivity index (χ0v) is 14.8. The fraction of sp³-hybridized carbons (Fsp3) is 0.941. The van der Waals surface area contributed by atoms with Gasteiger partial charge in [-0.3, -0.25) is 4.79 Å². The molecule has 2 unspecified atom stereocenters. The molecule has 1 fully saturated rings. The van der Waals surface area contributed by atoms with Gasteiger partial charge in [0.25, 0.3) is 0 Å². The van der Waals surface area contributed by atoms with E-state index in [0.717, 1.165) is 38.6 Å². The normalized spacial score (nSPS) is 26.8. The van der Waals surface area contributed by atoms with Crippen LogP contribution in [0.2, 0.25) is 0 Å². The van der Waals surface area contributed by atoms with Crippen LogP contribution in [0.15, 0.2) is 0 Å². The summed E-state index contributed by atoms with van der Waals surface area (Å²) in [6.45, 7) is 12.0. The summed E-state index contributed by atoms with van der Waals surface area (Å²) in [6.07, 6.45) is 5.23. The van der Waals surface area contributed by atoms with Crippen molar-refractivity contribution in [3.05, 3.63) is 0 Å². The Balaban J connectivity index is 2.74. The second-order valence-corrected chi connectivity index (χ2v) is 7.60. The molecule has 1 aliphatic carbocycles. The summed E-state index contributed by atoms with van der Waals surface area (Å²) in [5.41, 5.74) is 5.49. The van der Waals surface area contributed by atoms with Crippen LogP contribution >= 0.6 is 0 Å². The molecule has 0 aromatic carbocycles. The Morgan fingerprint density at radius 2 is 2.10 bits per heavy atom. The maximum Gasteiger partial charge on any atom is 0.238 e. The van der Waals surface area contributed by atoms with Gasteiger partial charge in [-0.05, 0) is 72.9 Å². The van der Waals surface area contributed by atoms with Gasteiger partial charge in [0.05, 0.1) is 0 Å². The van der Waals surface area contributed by atoms with Gasteiger partial charge in [-0.15, -0.1) is 0 Å². The van der Waals surface area contributed by atoms with Crippen molar-refractivity contribution in [2.24, 2.45) is 11.7 Å². The Morgan fingerprint density at radius 3 is 2.57 bits per heavy atom. The van der Waals surface area contributed by atoms with E-state index < -0.39 is 5.54 Å². The predicted molar refractivity (Wildman–Crippen MR) is 89.2 cm³/mol. The summed E-state index contributed by atoms with van der Waals surface area (Å²) in [4.78, 5) is 14.5. The minimum atomic E-state index is -0.495. The van der Waals surface area contributed by atoms with Crippen LogP contribution in [0.4, 0.5) is 0 Å². The van der Waals surface area contributed by atoms with Crippen LogP contribution in [0.5, 0.6) is 0 Å². The minimum absolute atomic E-state index is 0.170. The van der Waals surface area contributed by atoms with E-state index in [1.807, 2.05) is 0 Å². The molecule has 0 aromatic rings. The molecule has 3 N–H and O–H groups in total. The quantitative estimate of drug-likeness (QED) is 0.724. The summed E-state index contributed by atoms with van der Waals surface area (Å²) in [6, 6.07) is 0.280. The number of rotatable bonds is 8. The first-order valence-corrected chi connectivity index (χ1v) is 8.44. The van der Waals surface area contributed by atoms with Crippen molar-refractivity contribution >= 4 is 5.91 Å². The van der Waals surface area contributed by atoms with Crippen molar-refractivity contribution in [3.8, 4) is 0 Å². The Bertz CT molecular complexity index is 354.